The molecule has 0 fully saturated rings. The molecular weight excluding hydrogens is 224 g/mol. The predicted octanol–water partition coefficient (Wildman–Crippen LogP) is 4.25. The van der Waals surface area contributed by atoms with Crippen LogP contribution in [0.4, 0.5) is 0 Å². The number of halogens is 1. The Balaban J connectivity index is 3.34. The second-order valence-electron chi connectivity index (χ2n) is 4.01. The number of carboxylic acid groups (broad SMARTS) is 1. The standard InChI is InChI=1S/C13H17ClO2/c1-4-9(5-2)10-7-12(14)8(3)6-11(10)13(15)16/h6-7,9H,4-5H2,1-3H3,(H,15,16). The molecule has 0 heterocycles. The van der Waals surface area contributed by atoms with Gasteiger partial charge in [-0.3, -0.25) is 0 Å². The maximum Gasteiger partial charge on any atom is 0.335 e. The van der Waals surface area contributed by atoms with E-state index in [-0.39, 0.29) is 5.92 Å². The number of aromatic carboxylic acids is 1. The molecule has 0 spiro atoms. The van der Waals surface area contributed by atoms with Crippen molar-refractivity contribution in [3.05, 3.63) is 33.8 Å². The van der Waals surface area contributed by atoms with Crippen LogP contribution in [0.2, 0.25) is 5.02 Å². The maximum atomic E-state index is 11.2. The molecule has 0 saturated carbocycles. The van der Waals surface area contributed by atoms with Gasteiger partial charge in [-0.05, 0) is 48.9 Å². The molecule has 0 aliphatic rings. The summed E-state index contributed by atoms with van der Waals surface area (Å²) in [5, 5.41) is 9.82. The lowest BCUT2D eigenvalue weighted by Crippen LogP contribution is -2.07. The molecule has 1 rings (SSSR count). The van der Waals surface area contributed by atoms with Gasteiger partial charge in [-0.1, -0.05) is 25.4 Å². The van der Waals surface area contributed by atoms with E-state index in [0.29, 0.717) is 10.6 Å². The smallest absolute Gasteiger partial charge is 0.335 e. The van der Waals surface area contributed by atoms with Gasteiger partial charge in [0.15, 0.2) is 0 Å². The summed E-state index contributed by atoms with van der Waals surface area (Å²) < 4.78 is 0. The van der Waals surface area contributed by atoms with Crippen LogP contribution >= 0.6 is 11.6 Å². The highest BCUT2D eigenvalue weighted by Gasteiger charge is 2.18. The second-order valence-corrected chi connectivity index (χ2v) is 4.41. The highest BCUT2D eigenvalue weighted by molar-refractivity contribution is 6.31. The summed E-state index contributed by atoms with van der Waals surface area (Å²) in [5.74, 6) is -0.606. The summed E-state index contributed by atoms with van der Waals surface area (Å²) in [6, 6.07) is 3.47. The molecule has 0 aliphatic heterocycles. The van der Waals surface area contributed by atoms with Crippen molar-refractivity contribution in [2.45, 2.75) is 39.5 Å². The van der Waals surface area contributed by atoms with E-state index in [1.54, 1.807) is 12.1 Å². The van der Waals surface area contributed by atoms with Crippen LogP contribution in [0.25, 0.3) is 0 Å². The topological polar surface area (TPSA) is 37.3 Å². The van der Waals surface area contributed by atoms with E-state index in [4.69, 9.17) is 11.6 Å². The van der Waals surface area contributed by atoms with Gasteiger partial charge in [0.25, 0.3) is 0 Å². The van der Waals surface area contributed by atoms with Crippen molar-refractivity contribution in [2.75, 3.05) is 0 Å². The third-order valence-electron chi connectivity index (χ3n) is 2.99. The van der Waals surface area contributed by atoms with Crippen molar-refractivity contribution in [2.24, 2.45) is 0 Å². The molecule has 2 nitrogen and oxygen atoms in total. The molecule has 0 bridgehead atoms. The van der Waals surface area contributed by atoms with Crippen LogP contribution in [0.5, 0.6) is 0 Å². The lowest BCUT2D eigenvalue weighted by Gasteiger charge is -2.17. The average Bonchev–Trinajstić information content (AvgIpc) is 2.24. The molecule has 0 radical (unpaired) electrons. The SMILES string of the molecule is CCC(CC)c1cc(Cl)c(C)cc1C(=O)O. The van der Waals surface area contributed by atoms with E-state index in [9.17, 15) is 9.90 Å². The molecule has 88 valence electrons. The summed E-state index contributed by atoms with van der Waals surface area (Å²) in [6.07, 6.45) is 1.85. The van der Waals surface area contributed by atoms with Crippen molar-refractivity contribution >= 4 is 17.6 Å². The van der Waals surface area contributed by atoms with Crippen molar-refractivity contribution in [1.82, 2.24) is 0 Å². The van der Waals surface area contributed by atoms with E-state index in [2.05, 4.69) is 13.8 Å². The number of rotatable bonds is 4. The monoisotopic (exact) mass is 240 g/mol. The number of carbonyl (C=O) groups is 1. The van der Waals surface area contributed by atoms with Gasteiger partial charge in [-0.25, -0.2) is 4.79 Å². The Labute approximate surface area is 101 Å². The van der Waals surface area contributed by atoms with Crippen LogP contribution in [0.3, 0.4) is 0 Å². The molecule has 1 aromatic carbocycles. The Morgan fingerprint density at radius 3 is 2.38 bits per heavy atom. The zero-order chi connectivity index (χ0) is 12.3. The minimum Gasteiger partial charge on any atom is -0.478 e. The molecule has 0 atom stereocenters. The maximum absolute atomic E-state index is 11.2. The molecule has 0 amide bonds. The minimum atomic E-state index is -0.873. The number of hydrogen-bond acceptors (Lipinski definition) is 1. The zero-order valence-corrected chi connectivity index (χ0v) is 10.6. The number of aryl methyl sites for hydroxylation is 1. The van der Waals surface area contributed by atoms with E-state index < -0.39 is 5.97 Å². The molecule has 1 N–H and O–H groups in total. The first-order chi connectivity index (χ1) is 7.51. The molecular formula is C13H17ClO2. The fourth-order valence-corrected chi connectivity index (χ4v) is 2.12. The minimum absolute atomic E-state index is 0.268. The Morgan fingerprint density at radius 1 is 1.38 bits per heavy atom. The van der Waals surface area contributed by atoms with Crippen molar-refractivity contribution in [3.63, 3.8) is 0 Å². The van der Waals surface area contributed by atoms with Gasteiger partial charge in [-0.2, -0.15) is 0 Å². The van der Waals surface area contributed by atoms with Crippen LogP contribution in [0.1, 0.15) is 54.1 Å². The first-order valence-electron chi connectivity index (χ1n) is 5.54. The van der Waals surface area contributed by atoms with E-state index in [0.717, 1.165) is 24.0 Å². The molecule has 0 aliphatic carbocycles. The molecule has 16 heavy (non-hydrogen) atoms. The third-order valence-corrected chi connectivity index (χ3v) is 3.39. The fraction of sp³-hybridized carbons (Fsp3) is 0.462. The first kappa shape index (κ1) is 13.0. The van der Waals surface area contributed by atoms with Gasteiger partial charge in [0.2, 0.25) is 0 Å². The molecule has 1 aromatic rings. The normalized spacial score (nSPS) is 10.8. The summed E-state index contributed by atoms with van der Waals surface area (Å²) in [7, 11) is 0. The molecule has 0 aromatic heterocycles. The van der Waals surface area contributed by atoms with E-state index in [1.165, 1.54) is 0 Å². The van der Waals surface area contributed by atoms with Gasteiger partial charge >= 0.3 is 5.97 Å². The largest absolute Gasteiger partial charge is 0.478 e. The van der Waals surface area contributed by atoms with Gasteiger partial charge in [0, 0.05) is 5.02 Å². The molecule has 0 saturated heterocycles. The van der Waals surface area contributed by atoms with Gasteiger partial charge in [-0.15, -0.1) is 0 Å². The Hall–Kier alpha value is -1.02. The van der Waals surface area contributed by atoms with Gasteiger partial charge in [0.05, 0.1) is 5.56 Å². The molecule has 3 heteroatoms. The van der Waals surface area contributed by atoms with Crippen LogP contribution in [0, 0.1) is 6.92 Å². The third kappa shape index (κ3) is 2.56. The van der Waals surface area contributed by atoms with Crippen LogP contribution in [0.15, 0.2) is 12.1 Å². The highest BCUT2D eigenvalue weighted by Crippen LogP contribution is 2.30. The van der Waals surface area contributed by atoms with E-state index in [1.807, 2.05) is 6.92 Å². The summed E-state index contributed by atoms with van der Waals surface area (Å²) in [6.45, 7) is 5.95. The zero-order valence-electron chi connectivity index (χ0n) is 9.88. The summed E-state index contributed by atoms with van der Waals surface area (Å²) >= 11 is 6.06. The van der Waals surface area contributed by atoms with E-state index >= 15 is 0 Å². The number of hydrogen-bond donors (Lipinski definition) is 1. The Morgan fingerprint density at radius 2 is 1.94 bits per heavy atom. The quantitative estimate of drug-likeness (QED) is 0.854. The Bertz CT molecular complexity index is 395. The van der Waals surface area contributed by atoms with Crippen LogP contribution in [-0.4, -0.2) is 11.1 Å². The first-order valence-corrected chi connectivity index (χ1v) is 5.92. The van der Waals surface area contributed by atoms with Crippen molar-refractivity contribution in [1.29, 1.82) is 0 Å². The lowest BCUT2D eigenvalue weighted by molar-refractivity contribution is 0.0695. The van der Waals surface area contributed by atoms with Crippen LogP contribution < -0.4 is 0 Å². The summed E-state index contributed by atoms with van der Waals surface area (Å²) in [5.41, 5.74) is 2.05. The number of benzene rings is 1. The second kappa shape index (κ2) is 5.35. The lowest BCUT2D eigenvalue weighted by atomic mass is 9.89. The highest BCUT2D eigenvalue weighted by atomic mass is 35.5. The van der Waals surface area contributed by atoms with Gasteiger partial charge in [0.1, 0.15) is 0 Å². The average molecular weight is 241 g/mol. The molecule has 0 unspecified atom stereocenters. The fourth-order valence-electron chi connectivity index (χ4n) is 1.95. The Kier molecular flexibility index (Phi) is 4.36. The van der Waals surface area contributed by atoms with Crippen molar-refractivity contribution in [3.8, 4) is 0 Å². The van der Waals surface area contributed by atoms with Crippen molar-refractivity contribution < 1.29 is 9.90 Å². The number of carboxylic acids is 1. The predicted molar refractivity (Wildman–Crippen MR) is 66.5 cm³/mol. The summed E-state index contributed by atoms with van der Waals surface area (Å²) in [4.78, 5) is 11.2. The van der Waals surface area contributed by atoms with Crippen LogP contribution in [-0.2, 0) is 0 Å². The van der Waals surface area contributed by atoms with Gasteiger partial charge < -0.3 is 5.11 Å².